The molecular formula is C20H26N2O3S. The first kappa shape index (κ1) is 16.8. The van der Waals surface area contributed by atoms with Gasteiger partial charge in [0.2, 0.25) is 15.9 Å². The first-order chi connectivity index (χ1) is 12.4. The van der Waals surface area contributed by atoms with Crippen LogP contribution in [0.1, 0.15) is 51.4 Å². The van der Waals surface area contributed by atoms with Gasteiger partial charge in [-0.15, -0.1) is 0 Å². The summed E-state index contributed by atoms with van der Waals surface area (Å²) in [7, 11) is -3.53. The van der Waals surface area contributed by atoms with Gasteiger partial charge in [-0.25, -0.2) is 13.1 Å². The molecule has 5 aliphatic rings. The molecule has 0 unspecified atom stereocenters. The van der Waals surface area contributed by atoms with Crippen LogP contribution in [0, 0.1) is 23.7 Å². The molecule has 0 heterocycles. The van der Waals surface area contributed by atoms with Crippen molar-refractivity contribution in [2.24, 2.45) is 23.7 Å². The summed E-state index contributed by atoms with van der Waals surface area (Å²) in [5, 5.41) is 2.85. The summed E-state index contributed by atoms with van der Waals surface area (Å²) in [6.45, 7) is 0. The molecule has 0 atom stereocenters. The van der Waals surface area contributed by atoms with Gasteiger partial charge >= 0.3 is 0 Å². The fourth-order valence-electron chi connectivity index (χ4n) is 5.89. The van der Waals surface area contributed by atoms with Gasteiger partial charge in [0.1, 0.15) is 0 Å². The summed E-state index contributed by atoms with van der Waals surface area (Å²) in [6, 6.07) is 6.58. The van der Waals surface area contributed by atoms with Crippen LogP contribution in [-0.2, 0) is 14.8 Å². The topological polar surface area (TPSA) is 75.3 Å². The molecule has 5 aliphatic carbocycles. The van der Waals surface area contributed by atoms with E-state index in [1.807, 2.05) is 0 Å². The first-order valence-electron chi connectivity index (χ1n) is 9.86. The van der Waals surface area contributed by atoms with Gasteiger partial charge in [-0.2, -0.15) is 0 Å². The lowest BCUT2D eigenvalue weighted by atomic mass is 9.53. The second kappa shape index (κ2) is 5.80. The molecule has 2 N–H and O–H groups in total. The van der Waals surface area contributed by atoms with Crippen LogP contribution in [0.3, 0.4) is 0 Å². The molecule has 0 saturated heterocycles. The molecule has 1 amide bonds. The van der Waals surface area contributed by atoms with Gasteiger partial charge in [0.05, 0.1) is 4.90 Å². The van der Waals surface area contributed by atoms with E-state index < -0.39 is 10.0 Å². The molecular weight excluding hydrogens is 348 g/mol. The van der Waals surface area contributed by atoms with E-state index in [9.17, 15) is 13.2 Å². The first-order valence-corrected chi connectivity index (χ1v) is 11.3. The Bertz CT molecular complexity index is 792. The lowest BCUT2D eigenvalue weighted by molar-refractivity contribution is -0.117. The number of rotatable bonds is 5. The van der Waals surface area contributed by atoms with Crippen molar-refractivity contribution < 1.29 is 13.2 Å². The van der Waals surface area contributed by atoms with Crippen LogP contribution < -0.4 is 10.0 Å². The molecule has 5 saturated carbocycles. The van der Waals surface area contributed by atoms with E-state index in [2.05, 4.69) is 10.0 Å². The summed E-state index contributed by atoms with van der Waals surface area (Å²) >= 11 is 0. The van der Waals surface area contributed by atoms with Crippen molar-refractivity contribution in [3.8, 4) is 0 Å². The third-order valence-corrected chi connectivity index (χ3v) is 8.36. The van der Waals surface area contributed by atoms with Crippen molar-refractivity contribution in [3.63, 3.8) is 0 Å². The monoisotopic (exact) mass is 374 g/mol. The Morgan fingerprint density at radius 3 is 1.96 bits per heavy atom. The van der Waals surface area contributed by atoms with Crippen molar-refractivity contribution in [1.82, 2.24) is 4.72 Å². The standard InChI is InChI=1S/C20H26N2O3S/c23-19(16-1-2-16)21-17-3-5-18(6-4-17)26(24,25)22-20-10-13-7-14(11-20)9-15(8-13)12-20/h3-6,13-16,22H,1-2,7-12H2,(H,21,23). The van der Waals surface area contributed by atoms with Gasteiger partial charge in [-0.1, -0.05) is 0 Å². The van der Waals surface area contributed by atoms with Crippen LogP contribution in [0.15, 0.2) is 29.2 Å². The number of amides is 1. The summed E-state index contributed by atoms with van der Waals surface area (Å²) in [5.74, 6) is 2.26. The van der Waals surface area contributed by atoms with E-state index in [1.54, 1.807) is 24.3 Å². The molecule has 26 heavy (non-hydrogen) atoms. The lowest BCUT2D eigenvalue weighted by Gasteiger charge is -2.56. The maximum absolute atomic E-state index is 13.0. The number of hydrogen-bond acceptors (Lipinski definition) is 3. The quantitative estimate of drug-likeness (QED) is 0.830. The summed E-state index contributed by atoms with van der Waals surface area (Å²) in [6.07, 6.45) is 8.75. The molecule has 5 nitrogen and oxygen atoms in total. The fraction of sp³-hybridized carbons (Fsp3) is 0.650. The van der Waals surface area contributed by atoms with Gasteiger partial charge in [-0.05, 0) is 93.4 Å². The second-order valence-corrected chi connectivity index (χ2v) is 10.8. The average Bonchev–Trinajstić information content (AvgIpc) is 3.38. The van der Waals surface area contributed by atoms with E-state index in [1.165, 1.54) is 19.3 Å². The molecule has 0 spiro atoms. The zero-order valence-corrected chi connectivity index (χ0v) is 15.7. The van der Waals surface area contributed by atoms with Crippen LogP contribution in [0.2, 0.25) is 0 Å². The van der Waals surface area contributed by atoms with Crippen LogP contribution in [0.4, 0.5) is 5.69 Å². The van der Waals surface area contributed by atoms with Gasteiger partial charge in [0, 0.05) is 17.1 Å². The molecule has 140 valence electrons. The smallest absolute Gasteiger partial charge is 0.241 e. The summed E-state index contributed by atoms with van der Waals surface area (Å²) in [5.41, 5.74) is 0.433. The highest BCUT2D eigenvalue weighted by molar-refractivity contribution is 7.89. The van der Waals surface area contributed by atoms with E-state index in [-0.39, 0.29) is 22.3 Å². The van der Waals surface area contributed by atoms with E-state index in [4.69, 9.17) is 0 Å². The molecule has 1 aromatic carbocycles. The Labute approximate surface area is 155 Å². The highest BCUT2D eigenvalue weighted by Crippen LogP contribution is 2.55. The van der Waals surface area contributed by atoms with Gasteiger partial charge < -0.3 is 5.32 Å². The van der Waals surface area contributed by atoms with Crippen LogP contribution in [0.25, 0.3) is 0 Å². The van der Waals surface area contributed by atoms with Crippen molar-refractivity contribution >= 4 is 21.6 Å². The number of benzene rings is 1. The van der Waals surface area contributed by atoms with E-state index in [0.29, 0.717) is 23.4 Å². The molecule has 6 rings (SSSR count). The molecule has 1 aromatic rings. The Balaban J connectivity index is 1.32. The summed E-state index contributed by atoms with van der Waals surface area (Å²) in [4.78, 5) is 12.1. The van der Waals surface area contributed by atoms with Gasteiger partial charge in [-0.3, -0.25) is 4.79 Å². The van der Waals surface area contributed by atoms with E-state index in [0.717, 1.165) is 32.1 Å². The minimum atomic E-state index is -3.53. The third kappa shape index (κ3) is 3.07. The second-order valence-electron chi connectivity index (χ2n) is 9.09. The number of nitrogens with one attached hydrogen (secondary N) is 2. The Kier molecular flexibility index (Phi) is 3.73. The van der Waals surface area contributed by atoms with Crippen molar-refractivity contribution in [2.45, 2.75) is 61.8 Å². The molecule has 0 aliphatic heterocycles. The molecule has 6 heteroatoms. The number of sulfonamides is 1. The maximum atomic E-state index is 13.0. The largest absolute Gasteiger partial charge is 0.326 e. The fourth-order valence-corrected chi connectivity index (χ4v) is 7.32. The molecule has 4 bridgehead atoms. The number of carbonyl (C=O) groups excluding carboxylic acids is 1. The molecule has 0 radical (unpaired) electrons. The van der Waals surface area contributed by atoms with Crippen molar-refractivity contribution in [2.75, 3.05) is 5.32 Å². The molecule has 5 fully saturated rings. The Morgan fingerprint density at radius 2 is 1.46 bits per heavy atom. The number of anilines is 1. The van der Waals surface area contributed by atoms with Gasteiger partial charge in [0.25, 0.3) is 0 Å². The lowest BCUT2D eigenvalue weighted by Crippen LogP contribution is -2.59. The third-order valence-electron chi connectivity index (χ3n) is 6.77. The predicted octanol–water partition coefficient (Wildman–Crippen LogP) is 3.28. The minimum absolute atomic E-state index is 0.0345. The highest BCUT2D eigenvalue weighted by Gasteiger charge is 2.52. The average molecular weight is 375 g/mol. The highest BCUT2D eigenvalue weighted by atomic mass is 32.2. The zero-order chi connectivity index (χ0) is 17.9. The van der Waals surface area contributed by atoms with Crippen LogP contribution >= 0.6 is 0 Å². The van der Waals surface area contributed by atoms with Crippen molar-refractivity contribution in [1.29, 1.82) is 0 Å². The van der Waals surface area contributed by atoms with Gasteiger partial charge in [0.15, 0.2) is 0 Å². The Hall–Kier alpha value is -1.40. The maximum Gasteiger partial charge on any atom is 0.241 e. The SMILES string of the molecule is O=C(Nc1ccc(S(=O)(=O)NC23CC4CC(CC(C4)C2)C3)cc1)C1CC1. The number of carbonyl (C=O) groups is 1. The molecule has 0 aromatic heterocycles. The zero-order valence-electron chi connectivity index (χ0n) is 14.9. The predicted molar refractivity (Wildman–Crippen MR) is 99.0 cm³/mol. The Morgan fingerprint density at radius 1 is 0.923 bits per heavy atom. The van der Waals surface area contributed by atoms with Crippen LogP contribution in [0.5, 0.6) is 0 Å². The van der Waals surface area contributed by atoms with E-state index >= 15 is 0 Å². The summed E-state index contributed by atoms with van der Waals surface area (Å²) < 4.78 is 29.0. The van der Waals surface area contributed by atoms with Crippen LogP contribution in [-0.4, -0.2) is 19.9 Å². The van der Waals surface area contributed by atoms with Crippen molar-refractivity contribution in [3.05, 3.63) is 24.3 Å². The normalized spacial score (nSPS) is 35.5. The minimum Gasteiger partial charge on any atom is -0.326 e. The number of hydrogen-bond donors (Lipinski definition) is 2.